The first kappa shape index (κ1) is 12.6. The number of rotatable bonds is 3. The Morgan fingerprint density at radius 3 is 2.95 bits per heavy atom. The largest absolute Gasteiger partial charge is 0.363 e. The van der Waals surface area contributed by atoms with E-state index < -0.39 is 0 Å². The average Bonchev–Trinajstić information content (AvgIpc) is 2.79. The Morgan fingerprint density at radius 2 is 2.16 bits per heavy atom. The molecule has 0 aliphatic rings. The molecule has 0 radical (unpaired) electrons. The minimum atomic E-state index is 0.650. The predicted octanol–water partition coefficient (Wildman–Crippen LogP) is 3.26. The summed E-state index contributed by atoms with van der Waals surface area (Å²) in [5, 5.41) is 3.27. The maximum absolute atomic E-state index is 4.41. The van der Waals surface area contributed by atoms with Crippen LogP contribution in [-0.2, 0) is 6.54 Å². The number of fused-ring (bicyclic) bond motifs is 1. The van der Waals surface area contributed by atoms with Crippen molar-refractivity contribution in [3.8, 4) is 0 Å². The van der Waals surface area contributed by atoms with Crippen LogP contribution >= 0.6 is 31.9 Å². The van der Waals surface area contributed by atoms with Gasteiger partial charge in [0.15, 0.2) is 11.5 Å². The third kappa shape index (κ3) is 2.62. The fraction of sp³-hybridized carbons (Fsp3) is 0.0833. The van der Waals surface area contributed by atoms with Crippen molar-refractivity contribution in [2.45, 2.75) is 6.54 Å². The van der Waals surface area contributed by atoms with Crippen molar-refractivity contribution >= 4 is 43.3 Å². The van der Waals surface area contributed by atoms with Crippen LogP contribution in [-0.4, -0.2) is 19.4 Å². The Hall–Kier alpha value is -1.47. The van der Waals surface area contributed by atoms with E-state index in [4.69, 9.17) is 0 Å². The lowest BCUT2D eigenvalue weighted by Crippen LogP contribution is -2.04. The van der Waals surface area contributed by atoms with Crippen molar-refractivity contribution in [3.63, 3.8) is 0 Å². The first-order valence-electron chi connectivity index (χ1n) is 5.56. The number of hydrogen-bond acceptors (Lipinski definition) is 4. The van der Waals surface area contributed by atoms with E-state index in [2.05, 4.69) is 52.1 Å². The molecule has 1 N–H and O–H groups in total. The summed E-state index contributed by atoms with van der Waals surface area (Å²) in [6, 6.07) is 3.92. The van der Waals surface area contributed by atoms with E-state index >= 15 is 0 Å². The summed E-state index contributed by atoms with van der Waals surface area (Å²) < 4.78 is 3.55. The summed E-state index contributed by atoms with van der Waals surface area (Å²) in [7, 11) is 0. The third-order valence-corrected chi connectivity index (χ3v) is 3.57. The van der Waals surface area contributed by atoms with E-state index in [0.29, 0.717) is 6.54 Å². The first-order chi connectivity index (χ1) is 9.24. The summed E-state index contributed by atoms with van der Waals surface area (Å²) in [6.45, 7) is 0.650. The van der Waals surface area contributed by atoms with Crippen LogP contribution in [0.5, 0.6) is 0 Å². The zero-order chi connectivity index (χ0) is 13.2. The summed E-state index contributed by atoms with van der Waals surface area (Å²) in [6.07, 6.45) is 7.19. The van der Waals surface area contributed by atoms with Crippen LogP contribution in [0.2, 0.25) is 0 Å². The molecule has 0 spiro atoms. The third-order valence-electron chi connectivity index (χ3n) is 2.60. The van der Waals surface area contributed by atoms with Gasteiger partial charge in [-0.25, -0.2) is 9.97 Å². The van der Waals surface area contributed by atoms with Crippen LogP contribution in [0.4, 0.5) is 5.82 Å². The fourth-order valence-corrected chi connectivity index (χ4v) is 2.49. The molecule has 5 nitrogen and oxygen atoms in total. The zero-order valence-corrected chi connectivity index (χ0v) is 12.9. The minimum absolute atomic E-state index is 0.650. The van der Waals surface area contributed by atoms with Gasteiger partial charge in [-0.05, 0) is 43.5 Å². The van der Waals surface area contributed by atoms with E-state index in [1.54, 1.807) is 12.4 Å². The van der Waals surface area contributed by atoms with E-state index in [1.165, 1.54) is 0 Å². The molecular weight excluding hydrogens is 374 g/mol. The summed E-state index contributed by atoms with van der Waals surface area (Å²) >= 11 is 6.84. The van der Waals surface area contributed by atoms with Gasteiger partial charge >= 0.3 is 0 Å². The number of hydrogen-bond donors (Lipinski definition) is 1. The molecule has 3 rings (SSSR count). The van der Waals surface area contributed by atoms with Crippen LogP contribution in [0.25, 0.3) is 5.65 Å². The highest BCUT2D eigenvalue weighted by Crippen LogP contribution is 2.22. The van der Waals surface area contributed by atoms with E-state index in [0.717, 1.165) is 26.2 Å². The molecule has 0 aliphatic carbocycles. The molecule has 96 valence electrons. The number of imidazole rings is 1. The SMILES string of the molecule is Brc1cn2c(Br)cnc2c(NCc2cccnc2)n1. The minimum Gasteiger partial charge on any atom is -0.363 e. The van der Waals surface area contributed by atoms with Crippen LogP contribution in [0, 0.1) is 0 Å². The monoisotopic (exact) mass is 381 g/mol. The summed E-state index contributed by atoms with van der Waals surface area (Å²) in [5.41, 5.74) is 1.87. The molecule has 0 bridgehead atoms. The number of pyridine rings is 1. The van der Waals surface area contributed by atoms with Crippen molar-refractivity contribution in [1.82, 2.24) is 19.4 Å². The number of aromatic nitrogens is 4. The van der Waals surface area contributed by atoms with Gasteiger partial charge in [-0.1, -0.05) is 6.07 Å². The lowest BCUT2D eigenvalue weighted by atomic mass is 10.3. The van der Waals surface area contributed by atoms with Crippen molar-refractivity contribution in [3.05, 3.63) is 51.7 Å². The number of nitrogens with zero attached hydrogens (tertiary/aromatic N) is 4. The molecule has 0 saturated carbocycles. The molecule has 0 unspecified atom stereocenters. The van der Waals surface area contributed by atoms with Crippen molar-refractivity contribution in [1.29, 1.82) is 0 Å². The van der Waals surface area contributed by atoms with E-state index in [9.17, 15) is 0 Å². The topological polar surface area (TPSA) is 55.1 Å². The van der Waals surface area contributed by atoms with Gasteiger partial charge in [0.05, 0.1) is 6.20 Å². The highest BCUT2D eigenvalue weighted by molar-refractivity contribution is 9.10. The standard InChI is InChI=1S/C12H9Br2N5/c13-9-7-19-10(14)6-17-12(19)11(18-9)16-5-8-2-1-3-15-4-8/h1-4,6-7H,5H2,(H,16,18). The van der Waals surface area contributed by atoms with Crippen molar-refractivity contribution in [2.24, 2.45) is 0 Å². The smallest absolute Gasteiger partial charge is 0.181 e. The van der Waals surface area contributed by atoms with Gasteiger partial charge in [-0.15, -0.1) is 0 Å². The van der Waals surface area contributed by atoms with Gasteiger partial charge in [-0.3, -0.25) is 9.38 Å². The highest BCUT2D eigenvalue weighted by atomic mass is 79.9. The van der Waals surface area contributed by atoms with Crippen molar-refractivity contribution in [2.75, 3.05) is 5.32 Å². The second kappa shape index (κ2) is 5.26. The quantitative estimate of drug-likeness (QED) is 0.755. The van der Waals surface area contributed by atoms with E-state index in [1.807, 2.05) is 28.9 Å². The zero-order valence-electron chi connectivity index (χ0n) is 9.72. The molecule has 0 atom stereocenters. The number of halogens is 2. The molecule has 7 heteroatoms. The highest BCUT2D eigenvalue weighted by Gasteiger charge is 2.09. The predicted molar refractivity (Wildman–Crippen MR) is 80.0 cm³/mol. The Balaban J connectivity index is 1.92. The molecule has 0 aromatic carbocycles. The van der Waals surface area contributed by atoms with Crippen molar-refractivity contribution < 1.29 is 0 Å². The Kier molecular flexibility index (Phi) is 3.48. The number of nitrogens with one attached hydrogen (secondary N) is 1. The lowest BCUT2D eigenvalue weighted by Gasteiger charge is -2.07. The number of anilines is 1. The molecule has 19 heavy (non-hydrogen) atoms. The molecule has 3 aromatic heterocycles. The normalized spacial score (nSPS) is 10.8. The van der Waals surface area contributed by atoms with Gasteiger partial charge in [0.1, 0.15) is 9.21 Å². The van der Waals surface area contributed by atoms with Gasteiger partial charge < -0.3 is 5.32 Å². The molecule has 0 aliphatic heterocycles. The average molecular weight is 383 g/mol. The molecule has 0 saturated heterocycles. The Labute approximate surface area is 126 Å². The van der Waals surface area contributed by atoms with E-state index in [-0.39, 0.29) is 0 Å². The van der Waals surface area contributed by atoms with Crippen LogP contribution in [0.3, 0.4) is 0 Å². The maximum Gasteiger partial charge on any atom is 0.181 e. The van der Waals surface area contributed by atoms with Gasteiger partial charge in [0, 0.05) is 25.1 Å². The molecule has 3 heterocycles. The maximum atomic E-state index is 4.41. The fourth-order valence-electron chi connectivity index (χ4n) is 1.74. The van der Waals surface area contributed by atoms with Gasteiger partial charge in [0.2, 0.25) is 0 Å². The van der Waals surface area contributed by atoms with Crippen LogP contribution in [0.1, 0.15) is 5.56 Å². The van der Waals surface area contributed by atoms with Gasteiger partial charge in [0.25, 0.3) is 0 Å². The second-order valence-corrected chi connectivity index (χ2v) is 5.53. The van der Waals surface area contributed by atoms with Gasteiger partial charge in [-0.2, -0.15) is 0 Å². The molecule has 3 aromatic rings. The van der Waals surface area contributed by atoms with Crippen LogP contribution < -0.4 is 5.32 Å². The summed E-state index contributed by atoms with van der Waals surface area (Å²) in [5.74, 6) is 0.726. The molecule has 0 fully saturated rings. The Morgan fingerprint density at radius 1 is 1.26 bits per heavy atom. The second-order valence-electron chi connectivity index (χ2n) is 3.90. The molecule has 0 amide bonds. The Bertz CT molecular complexity index is 711. The molecular formula is C12H9Br2N5. The first-order valence-corrected chi connectivity index (χ1v) is 7.14. The van der Waals surface area contributed by atoms with Crippen LogP contribution in [0.15, 0.2) is 46.1 Å². The lowest BCUT2D eigenvalue weighted by molar-refractivity contribution is 1.04. The summed E-state index contributed by atoms with van der Waals surface area (Å²) in [4.78, 5) is 12.8.